The maximum absolute atomic E-state index is 12.0. The summed E-state index contributed by atoms with van der Waals surface area (Å²) in [6, 6.07) is 17.2. The summed E-state index contributed by atoms with van der Waals surface area (Å²) in [6.45, 7) is 0. The lowest BCUT2D eigenvalue weighted by Gasteiger charge is -2.03. The average Bonchev–Trinajstić information content (AvgIpc) is 3.20. The van der Waals surface area contributed by atoms with Crippen LogP contribution in [0.15, 0.2) is 87.0 Å². The van der Waals surface area contributed by atoms with Gasteiger partial charge in [-0.25, -0.2) is 10.2 Å². The Kier molecular flexibility index (Phi) is 6.54. The van der Waals surface area contributed by atoms with Crippen molar-refractivity contribution < 1.29 is 18.7 Å². The summed E-state index contributed by atoms with van der Waals surface area (Å²) in [4.78, 5) is 23.9. The van der Waals surface area contributed by atoms with Gasteiger partial charge < -0.3 is 9.15 Å². The number of carbonyl (C=O) groups excluding carboxylic acids is 2. The van der Waals surface area contributed by atoms with E-state index in [4.69, 9.17) is 9.15 Å². The summed E-state index contributed by atoms with van der Waals surface area (Å²) in [5.41, 5.74) is 3.60. The molecule has 6 nitrogen and oxygen atoms in total. The zero-order chi connectivity index (χ0) is 19.8. The third kappa shape index (κ3) is 5.78. The molecule has 3 rings (SSSR count). The van der Waals surface area contributed by atoms with E-state index in [2.05, 4.69) is 26.5 Å². The number of esters is 1. The second-order valence-electron chi connectivity index (χ2n) is 5.55. The molecule has 0 bridgehead atoms. The largest absolute Gasteiger partial charge is 0.465 e. The van der Waals surface area contributed by atoms with E-state index in [1.54, 1.807) is 54.6 Å². The Bertz CT molecular complexity index is 1030. The molecule has 0 aliphatic heterocycles. The van der Waals surface area contributed by atoms with Gasteiger partial charge in [0.2, 0.25) is 0 Å². The van der Waals surface area contributed by atoms with E-state index < -0.39 is 5.97 Å². The molecule has 0 aliphatic carbocycles. The maximum atomic E-state index is 12.0. The Morgan fingerprint density at radius 3 is 2.71 bits per heavy atom. The highest BCUT2D eigenvalue weighted by molar-refractivity contribution is 9.10. The van der Waals surface area contributed by atoms with Crippen molar-refractivity contribution >= 4 is 40.1 Å². The first-order valence-corrected chi connectivity index (χ1v) is 9.02. The molecule has 0 unspecified atom stereocenters. The molecular weight excluding hydrogens is 424 g/mol. The summed E-state index contributed by atoms with van der Waals surface area (Å²) in [7, 11) is 0. The predicted octanol–water partition coefficient (Wildman–Crippen LogP) is 4.42. The standard InChI is InChI=1S/C21H15BrN2O4/c22-17-6-2-5-16(13-17)21(26)24-23-14-15-4-1-7-19(12-15)28-20(25)10-9-18-8-3-11-27-18/h1-14H,(H,24,26). The molecule has 1 aromatic heterocycles. The predicted molar refractivity (Wildman–Crippen MR) is 109 cm³/mol. The van der Waals surface area contributed by atoms with Crippen LogP contribution < -0.4 is 10.2 Å². The number of nitrogens with zero attached hydrogens (tertiary/aromatic N) is 1. The third-order valence-electron chi connectivity index (χ3n) is 3.47. The van der Waals surface area contributed by atoms with Crippen molar-refractivity contribution in [2.24, 2.45) is 5.10 Å². The summed E-state index contributed by atoms with van der Waals surface area (Å²) in [5, 5.41) is 3.93. The molecule has 3 aromatic rings. The van der Waals surface area contributed by atoms with E-state index in [0.717, 1.165) is 4.47 Å². The van der Waals surface area contributed by atoms with Crippen LogP contribution in [-0.4, -0.2) is 18.1 Å². The molecule has 7 heteroatoms. The molecule has 0 aliphatic rings. The molecule has 1 amide bonds. The molecule has 0 fully saturated rings. The zero-order valence-corrected chi connectivity index (χ0v) is 16.1. The lowest BCUT2D eigenvalue weighted by atomic mass is 10.2. The molecule has 0 saturated carbocycles. The number of amides is 1. The number of rotatable bonds is 6. The van der Waals surface area contributed by atoms with Crippen LogP contribution in [-0.2, 0) is 4.79 Å². The number of nitrogens with one attached hydrogen (secondary N) is 1. The van der Waals surface area contributed by atoms with E-state index in [0.29, 0.717) is 22.6 Å². The minimum absolute atomic E-state index is 0.330. The van der Waals surface area contributed by atoms with E-state index in [-0.39, 0.29) is 5.91 Å². The fourth-order valence-electron chi connectivity index (χ4n) is 2.20. The van der Waals surface area contributed by atoms with Crippen LogP contribution in [0.4, 0.5) is 0 Å². The highest BCUT2D eigenvalue weighted by atomic mass is 79.9. The molecule has 0 radical (unpaired) electrons. The normalized spacial score (nSPS) is 11.0. The Morgan fingerprint density at radius 1 is 1.07 bits per heavy atom. The molecule has 0 atom stereocenters. The molecule has 1 N–H and O–H groups in total. The zero-order valence-electron chi connectivity index (χ0n) is 14.5. The first-order valence-electron chi connectivity index (χ1n) is 8.22. The number of carbonyl (C=O) groups is 2. The summed E-state index contributed by atoms with van der Waals surface area (Å²) >= 11 is 3.32. The molecule has 2 aromatic carbocycles. The van der Waals surface area contributed by atoms with Crippen molar-refractivity contribution in [3.63, 3.8) is 0 Å². The Balaban J connectivity index is 1.57. The van der Waals surface area contributed by atoms with Crippen molar-refractivity contribution in [1.29, 1.82) is 0 Å². The van der Waals surface area contributed by atoms with Gasteiger partial charge in [-0.2, -0.15) is 5.10 Å². The van der Waals surface area contributed by atoms with Gasteiger partial charge in [0, 0.05) is 16.1 Å². The number of hydrazone groups is 1. The van der Waals surface area contributed by atoms with Gasteiger partial charge in [-0.1, -0.05) is 34.1 Å². The summed E-state index contributed by atoms with van der Waals surface area (Å²) in [5.74, 6) is 0.0482. The lowest BCUT2D eigenvalue weighted by molar-refractivity contribution is -0.128. The highest BCUT2D eigenvalue weighted by Gasteiger charge is 2.04. The van der Waals surface area contributed by atoms with E-state index in [1.807, 2.05) is 6.07 Å². The molecule has 0 saturated heterocycles. The third-order valence-corrected chi connectivity index (χ3v) is 3.96. The van der Waals surface area contributed by atoms with Crippen molar-refractivity contribution in [2.75, 3.05) is 0 Å². The highest BCUT2D eigenvalue weighted by Crippen LogP contribution is 2.13. The summed E-state index contributed by atoms with van der Waals surface area (Å²) < 4.78 is 11.2. The molecular formula is C21H15BrN2O4. The summed E-state index contributed by atoms with van der Waals surface area (Å²) in [6.07, 6.45) is 5.78. The topological polar surface area (TPSA) is 80.9 Å². The van der Waals surface area contributed by atoms with Crippen LogP contribution in [0.2, 0.25) is 0 Å². The van der Waals surface area contributed by atoms with Gasteiger partial charge in [-0.05, 0) is 54.1 Å². The molecule has 0 spiro atoms. The maximum Gasteiger partial charge on any atom is 0.336 e. The number of hydrogen-bond donors (Lipinski definition) is 1. The molecule has 140 valence electrons. The smallest absolute Gasteiger partial charge is 0.336 e. The number of ether oxygens (including phenoxy) is 1. The van der Waals surface area contributed by atoms with Crippen molar-refractivity contribution in [3.8, 4) is 5.75 Å². The van der Waals surface area contributed by atoms with Gasteiger partial charge in [0.15, 0.2) is 0 Å². The Labute approximate surface area is 169 Å². The van der Waals surface area contributed by atoms with Gasteiger partial charge in [-0.15, -0.1) is 0 Å². The SMILES string of the molecule is O=C(C=Cc1ccco1)Oc1cccc(C=NNC(=O)c2cccc(Br)c2)c1. The molecule has 28 heavy (non-hydrogen) atoms. The second-order valence-corrected chi connectivity index (χ2v) is 6.47. The lowest BCUT2D eigenvalue weighted by Crippen LogP contribution is -2.17. The van der Waals surface area contributed by atoms with E-state index >= 15 is 0 Å². The van der Waals surface area contributed by atoms with Gasteiger partial charge in [0.1, 0.15) is 11.5 Å². The van der Waals surface area contributed by atoms with Crippen LogP contribution in [0.1, 0.15) is 21.7 Å². The van der Waals surface area contributed by atoms with E-state index in [1.165, 1.54) is 24.6 Å². The number of furan rings is 1. The minimum atomic E-state index is -0.534. The number of hydrogen-bond acceptors (Lipinski definition) is 5. The van der Waals surface area contributed by atoms with Crippen LogP contribution in [0.25, 0.3) is 6.08 Å². The minimum Gasteiger partial charge on any atom is -0.465 e. The van der Waals surface area contributed by atoms with Crippen LogP contribution >= 0.6 is 15.9 Å². The van der Waals surface area contributed by atoms with Crippen molar-refractivity contribution in [2.45, 2.75) is 0 Å². The number of halogens is 1. The first kappa shape index (κ1) is 19.3. The molecule has 1 heterocycles. The van der Waals surface area contributed by atoms with Crippen LogP contribution in [0, 0.1) is 0 Å². The monoisotopic (exact) mass is 438 g/mol. The first-order chi connectivity index (χ1) is 13.6. The fourth-order valence-corrected chi connectivity index (χ4v) is 2.60. The Hall–Kier alpha value is -3.45. The second kappa shape index (κ2) is 9.48. The van der Waals surface area contributed by atoms with Gasteiger partial charge in [-0.3, -0.25) is 4.79 Å². The van der Waals surface area contributed by atoms with Crippen LogP contribution in [0.5, 0.6) is 5.75 Å². The quantitative estimate of drug-likeness (QED) is 0.203. The van der Waals surface area contributed by atoms with Crippen LogP contribution in [0.3, 0.4) is 0 Å². The van der Waals surface area contributed by atoms with Crippen molar-refractivity contribution in [1.82, 2.24) is 5.43 Å². The number of benzene rings is 2. The van der Waals surface area contributed by atoms with Gasteiger partial charge in [0.05, 0.1) is 12.5 Å². The van der Waals surface area contributed by atoms with Crippen molar-refractivity contribution in [3.05, 3.63) is 94.4 Å². The van der Waals surface area contributed by atoms with E-state index in [9.17, 15) is 9.59 Å². The fraction of sp³-hybridized carbons (Fsp3) is 0. The Morgan fingerprint density at radius 2 is 1.93 bits per heavy atom. The average molecular weight is 439 g/mol. The van der Waals surface area contributed by atoms with Gasteiger partial charge >= 0.3 is 5.97 Å². The van der Waals surface area contributed by atoms with Gasteiger partial charge in [0.25, 0.3) is 5.91 Å².